The van der Waals surface area contributed by atoms with E-state index in [4.69, 9.17) is 9.47 Å². The Balaban J connectivity index is 1.49. The number of rotatable bonds is 6. The molecule has 0 radical (unpaired) electrons. The Hall–Kier alpha value is -3.65. The number of carbonyl (C=O) groups excluding carboxylic acids is 2. The normalized spacial score (nSPS) is 10.7. The molecule has 0 atom stereocenters. The number of ether oxygens (including phenoxy) is 2. The van der Waals surface area contributed by atoms with Gasteiger partial charge in [0.15, 0.2) is 0 Å². The largest absolute Gasteiger partial charge is 0.486 e. The van der Waals surface area contributed by atoms with Crippen molar-refractivity contribution in [1.29, 1.82) is 0 Å². The molecule has 4 rings (SSSR count). The molecule has 0 unspecified atom stereocenters. The number of hydrogen-bond donors (Lipinski definition) is 1. The predicted octanol–water partition coefficient (Wildman–Crippen LogP) is 4.32. The summed E-state index contributed by atoms with van der Waals surface area (Å²) in [5.41, 5.74) is 3.11. The lowest BCUT2D eigenvalue weighted by molar-refractivity contribution is 0.0606. The summed E-state index contributed by atoms with van der Waals surface area (Å²) in [6, 6.07) is 14.2. The maximum absolute atomic E-state index is 12.8. The molecule has 7 nitrogen and oxygen atoms in total. The van der Waals surface area contributed by atoms with Crippen LogP contribution in [0.5, 0.6) is 5.75 Å². The molecule has 3 heterocycles. The van der Waals surface area contributed by atoms with E-state index in [-0.39, 0.29) is 12.5 Å². The van der Waals surface area contributed by atoms with Gasteiger partial charge in [0.2, 0.25) is 0 Å². The summed E-state index contributed by atoms with van der Waals surface area (Å²) in [5, 5.41) is 3.34. The first kappa shape index (κ1) is 19.7. The average molecular weight is 421 g/mol. The summed E-state index contributed by atoms with van der Waals surface area (Å²) >= 11 is 1.15. The van der Waals surface area contributed by atoms with Gasteiger partial charge in [0.05, 0.1) is 23.4 Å². The van der Waals surface area contributed by atoms with Gasteiger partial charge in [-0.3, -0.25) is 4.79 Å². The molecule has 4 aromatic rings. The van der Waals surface area contributed by atoms with Gasteiger partial charge >= 0.3 is 5.97 Å². The van der Waals surface area contributed by atoms with Crippen molar-refractivity contribution in [2.75, 3.05) is 12.4 Å². The summed E-state index contributed by atoms with van der Waals surface area (Å²) in [7, 11) is 1.32. The fourth-order valence-electron chi connectivity index (χ4n) is 3.00. The topological polar surface area (TPSA) is 81.9 Å². The molecular formula is C22H19N3O4S. The van der Waals surface area contributed by atoms with E-state index >= 15 is 0 Å². The Bertz CT molecular complexity index is 1230. The van der Waals surface area contributed by atoms with Gasteiger partial charge < -0.3 is 19.2 Å². The van der Waals surface area contributed by atoms with Crippen molar-refractivity contribution in [3.8, 4) is 5.75 Å². The molecular weight excluding hydrogens is 402 g/mol. The van der Waals surface area contributed by atoms with E-state index in [2.05, 4.69) is 10.3 Å². The number of methoxy groups -OCH3 is 1. The van der Waals surface area contributed by atoms with Crippen LogP contribution in [-0.2, 0) is 11.3 Å². The van der Waals surface area contributed by atoms with Crippen LogP contribution < -0.4 is 10.1 Å². The van der Waals surface area contributed by atoms with Gasteiger partial charge in [-0.2, -0.15) is 0 Å². The van der Waals surface area contributed by atoms with E-state index < -0.39 is 5.97 Å². The highest BCUT2D eigenvalue weighted by Gasteiger charge is 2.16. The summed E-state index contributed by atoms with van der Waals surface area (Å²) < 4.78 is 12.5. The minimum Gasteiger partial charge on any atom is -0.486 e. The Morgan fingerprint density at radius 1 is 1.13 bits per heavy atom. The van der Waals surface area contributed by atoms with Crippen LogP contribution >= 0.6 is 11.3 Å². The second kappa shape index (κ2) is 8.38. The Kier molecular flexibility index (Phi) is 5.49. The van der Waals surface area contributed by atoms with E-state index in [1.54, 1.807) is 36.4 Å². The summed E-state index contributed by atoms with van der Waals surface area (Å²) in [6.45, 7) is 2.24. The van der Waals surface area contributed by atoms with Crippen molar-refractivity contribution in [3.05, 3.63) is 82.6 Å². The lowest BCUT2D eigenvalue weighted by Crippen LogP contribution is -2.13. The number of nitrogens with zero attached hydrogens (tertiary/aromatic N) is 2. The zero-order chi connectivity index (χ0) is 21.1. The van der Waals surface area contributed by atoms with Crippen molar-refractivity contribution >= 4 is 33.9 Å². The van der Waals surface area contributed by atoms with Crippen LogP contribution in [0.25, 0.3) is 5.65 Å². The Morgan fingerprint density at radius 2 is 1.97 bits per heavy atom. The molecule has 1 N–H and O–H groups in total. The van der Waals surface area contributed by atoms with Gasteiger partial charge in [-0.25, -0.2) is 9.78 Å². The number of nitrogens with one attached hydrogen (secondary N) is 1. The molecule has 152 valence electrons. The molecule has 0 aliphatic rings. The lowest BCUT2D eigenvalue weighted by atomic mass is 10.2. The first-order chi connectivity index (χ1) is 14.5. The van der Waals surface area contributed by atoms with Crippen molar-refractivity contribution in [2.24, 2.45) is 0 Å². The van der Waals surface area contributed by atoms with E-state index in [1.165, 1.54) is 7.11 Å². The molecule has 0 aliphatic carbocycles. The van der Waals surface area contributed by atoms with E-state index in [0.717, 1.165) is 28.2 Å². The van der Waals surface area contributed by atoms with Crippen molar-refractivity contribution in [3.63, 3.8) is 0 Å². The molecule has 0 saturated carbocycles. The molecule has 0 spiro atoms. The predicted molar refractivity (Wildman–Crippen MR) is 114 cm³/mol. The van der Waals surface area contributed by atoms with Crippen LogP contribution in [0.2, 0.25) is 0 Å². The monoisotopic (exact) mass is 421 g/mol. The summed E-state index contributed by atoms with van der Waals surface area (Å²) in [4.78, 5) is 29.4. The van der Waals surface area contributed by atoms with Crippen LogP contribution in [-0.4, -0.2) is 28.4 Å². The minimum absolute atomic E-state index is 0.233. The highest BCUT2D eigenvalue weighted by Crippen LogP contribution is 2.25. The quantitative estimate of drug-likeness (QED) is 0.469. The fraction of sp³-hybridized carbons (Fsp3) is 0.136. The van der Waals surface area contributed by atoms with Gasteiger partial charge in [-0.1, -0.05) is 18.2 Å². The fourth-order valence-corrected chi connectivity index (χ4v) is 3.82. The summed E-state index contributed by atoms with van der Waals surface area (Å²) in [5.74, 6) is -0.310. The van der Waals surface area contributed by atoms with Gasteiger partial charge in [-0.15, -0.1) is 11.3 Å². The molecule has 8 heteroatoms. The zero-order valence-electron chi connectivity index (χ0n) is 16.4. The number of hydrogen-bond acceptors (Lipinski definition) is 6. The third-order valence-electron chi connectivity index (χ3n) is 4.46. The molecule has 30 heavy (non-hydrogen) atoms. The third kappa shape index (κ3) is 4.04. The smallest absolute Gasteiger partial charge is 0.348 e. The lowest BCUT2D eigenvalue weighted by Gasteiger charge is -2.10. The van der Waals surface area contributed by atoms with Crippen molar-refractivity contribution in [1.82, 2.24) is 9.38 Å². The Labute approximate surface area is 176 Å². The highest BCUT2D eigenvalue weighted by atomic mass is 32.1. The maximum atomic E-state index is 12.8. The third-order valence-corrected chi connectivity index (χ3v) is 5.45. The number of imidazole rings is 1. The zero-order valence-corrected chi connectivity index (χ0v) is 17.2. The van der Waals surface area contributed by atoms with Crippen molar-refractivity contribution in [2.45, 2.75) is 13.5 Å². The number of aromatic nitrogens is 2. The number of thiophene rings is 1. The van der Waals surface area contributed by atoms with E-state index in [0.29, 0.717) is 21.2 Å². The first-order valence-electron chi connectivity index (χ1n) is 9.19. The second-order valence-corrected chi connectivity index (χ2v) is 7.63. The molecule has 1 aromatic carbocycles. The molecule has 3 aromatic heterocycles. The molecule has 0 saturated heterocycles. The van der Waals surface area contributed by atoms with Crippen LogP contribution in [0.1, 0.15) is 31.3 Å². The van der Waals surface area contributed by atoms with Crippen molar-refractivity contribution < 1.29 is 19.1 Å². The van der Waals surface area contributed by atoms with Gasteiger partial charge in [0.25, 0.3) is 5.91 Å². The SMILES string of the molecule is COC(=O)c1ccc(NC(=O)c2ccccc2OCc2cn3cccc(C)c3n2)s1. The van der Waals surface area contributed by atoms with Crippen LogP contribution in [0.3, 0.4) is 0 Å². The van der Waals surface area contributed by atoms with Gasteiger partial charge in [0.1, 0.15) is 22.9 Å². The van der Waals surface area contributed by atoms with E-state index in [1.807, 2.05) is 35.9 Å². The Morgan fingerprint density at radius 3 is 2.77 bits per heavy atom. The van der Waals surface area contributed by atoms with Crippen LogP contribution in [0, 0.1) is 6.92 Å². The van der Waals surface area contributed by atoms with Gasteiger partial charge in [-0.05, 0) is 42.8 Å². The number of amides is 1. The summed E-state index contributed by atoms with van der Waals surface area (Å²) in [6.07, 6.45) is 3.84. The second-order valence-electron chi connectivity index (χ2n) is 6.55. The number of benzene rings is 1. The molecule has 0 bridgehead atoms. The highest BCUT2D eigenvalue weighted by molar-refractivity contribution is 7.18. The average Bonchev–Trinajstić information content (AvgIpc) is 3.39. The number of para-hydroxylation sites is 1. The van der Waals surface area contributed by atoms with E-state index in [9.17, 15) is 9.59 Å². The number of carbonyl (C=O) groups is 2. The molecule has 0 fully saturated rings. The van der Waals surface area contributed by atoms with Crippen LogP contribution in [0.4, 0.5) is 5.00 Å². The molecule has 0 aliphatic heterocycles. The number of aryl methyl sites for hydroxylation is 1. The number of pyridine rings is 1. The minimum atomic E-state index is -0.438. The number of esters is 1. The standard InChI is InChI=1S/C22H19N3O4S/c1-14-6-5-11-25-12-15(23-20(14)25)13-29-17-8-4-3-7-16(17)21(26)24-19-10-9-18(30-19)22(27)28-2/h3-12H,13H2,1-2H3,(H,24,26). The number of anilines is 1. The maximum Gasteiger partial charge on any atom is 0.348 e. The first-order valence-corrected chi connectivity index (χ1v) is 10.0. The van der Waals surface area contributed by atoms with Crippen LogP contribution in [0.15, 0.2) is 60.9 Å². The molecule has 1 amide bonds. The van der Waals surface area contributed by atoms with Gasteiger partial charge in [0, 0.05) is 12.4 Å². The number of fused-ring (bicyclic) bond motifs is 1.